The lowest BCUT2D eigenvalue weighted by Gasteiger charge is -2.15. The molecule has 0 fully saturated rings. The van der Waals surface area contributed by atoms with Gasteiger partial charge in [0.2, 0.25) is 0 Å². The van der Waals surface area contributed by atoms with E-state index in [1.807, 2.05) is 73.1 Å². The average molecular weight is 463 g/mol. The number of aryl methyl sites for hydroxylation is 1. The van der Waals surface area contributed by atoms with Crippen LogP contribution in [-0.2, 0) is 7.05 Å². The number of anilines is 1. The van der Waals surface area contributed by atoms with Gasteiger partial charge in [-0.2, -0.15) is 5.10 Å². The summed E-state index contributed by atoms with van der Waals surface area (Å²) >= 11 is 0. The van der Waals surface area contributed by atoms with Crippen molar-refractivity contribution >= 4 is 17.4 Å². The van der Waals surface area contributed by atoms with Gasteiger partial charge in [-0.15, -0.1) is 0 Å². The smallest absolute Gasteiger partial charge is 0.274 e. The number of hydrogen-bond donors (Lipinski definition) is 2. The summed E-state index contributed by atoms with van der Waals surface area (Å²) in [7, 11) is 1.85. The molecule has 4 heterocycles. The number of rotatable bonds is 4. The van der Waals surface area contributed by atoms with Crippen molar-refractivity contribution in [3.63, 3.8) is 0 Å². The summed E-state index contributed by atoms with van der Waals surface area (Å²) in [6.45, 7) is 1.87. The minimum absolute atomic E-state index is 0.0726. The zero-order valence-electron chi connectivity index (χ0n) is 19.2. The molecule has 0 bridgehead atoms. The van der Waals surface area contributed by atoms with Crippen LogP contribution in [0.3, 0.4) is 0 Å². The van der Waals surface area contributed by atoms with Crippen molar-refractivity contribution in [1.29, 1.82) is 0 Å². The summed E-state index contributed by atoms with van der Waals surface area (Å²) < 4.78 is 3.72. The van der Waals surface area contributed by atoms with Crippen LogP contribution in [0.1, 0.15) is 40.4 Å². The lowest BCUT2D eigenvalue weighted by atomic mass is 10.1. The molecule has 0 spiro atoms. The van der Waals surface area contributed by atoms with Gasteiger partial charge >= 0.3 is 0 Å². The molecular weight excluding hydrogens is 440 g/mol. The zero-order valence-corrected chi connectivity index (χ0v) is 19.2. The first kappa shape index (κ1) is 21.9. The Labute approximate surface area is 201 Å². The molecule has 0 saturated carbocycles. The van der Waals surface area contributed by atoms with Gasteiger partial charge in [-0.05, 0) is 25.0 Å². The zero-order chi connectivity index (χ0) is 24.4. The first-order valence-corrected chi connectivity index (χ1v) is 11.0. The van der Waals surface area contributed by atoms with E-state index in [2.05, 4.69) is 32.2 Å². The molecule has 9 nitrogen and oxygen atoms in total. The Kier molecular flexibility index (Phi) is 5.69. The Morgan fingerprint density at radius 2 is 1.86 bits per heavy atom. The van der Waals surface area contributed by atoms with Crippen molar-refractivity contribution in [2.45, 2.75) is 13.0 Å². The molecule has 5 rings (SSSR count). The average Bonchev–Trinajstić information content (AvgIpc) is 3.47. The van der Waals surface area contributed by atoms with Crippen molar-refractivity contribution in [3.05, 3.63) is 96.0 Å². The number of amides is 1. The van der Waals surface area contributed by atoms with E-state index in [4.69, 9.17) is 10.7 Å². The Balaban J connectivity index is 1.62. The summed E-state index contributed by atoms with van der Waals surface area (Å²) in [4.78, 5) is 25.8. The number of fused-ring (bicyclic) bond motifs is 1. The summed E-state index contributed by atoms with van der Waals surface area (Å²) in [6, 6.07) is 15.2. The maximum atomic E-state index is 12.9. The molecule has 1 atom stereocenters. The number of pyridine rings is 1. The third-order valence-corrected chi connectivity index (χ3v) is 5.46. The van der Waals surface area contributed by atoms with Crippen LogP contribution in [0.2, 0.25) is 0 Å². The number of nitrogens with one attached hydrogen (secondary N) is 1. The molecule has 4 aromatic heterocycles. The fourth-order valence-electron chi connectivity index (χ4n) is 3.86. The minimum atomic E-state index is -0.446. The fraction of sp³-hybridized carbons (Fsp3) is 0.115. The lowest BCUT2D eigenvalue weighted by Crippen LogP contribution is -2.29. The molecule has 1 amide bonds. The van der Waals surface area contributed by atoms with Gasteiger partial charge in [0.25, 0.3) is 5.91 Å². The molecule has 0 aliphatic heterocycles. The van der Waals surface area contributed by atoms with Crippen LogP contribution in [0.25, 0.3) is 16.9 Å². The van der Waals surface area contributed by atoms with Crippen LogP contribution in [0.15, 0.2) is 73.3 Å². The van der Waals surface area contributed by atoms with Crippen LogP contribution >= 0.6 is 0 Å². The van der Waals surface area contributed by atoms with Crippen LogP contribution in [0.4, 0.5) is 5.82 Å². The van der Waals surface area contributed by atoms with E-state index >= 15 is 0 Å². The van der Waals surface area contributed by atoms with Crippen LogP contribution in [0, 0.1) is 11.8 Å². The second-order valence-electron chi connectivity index (χ2n) is 7.95. The second-order valence-corrected chi connectivity index (χ2v) is 7.95. The highest BCUT2D eigenvalue weighted by Crippen LogP contribution is 2.30. The summed E-state index contributed by atoms with van der Waals surface area (Å²) in [5.74, 6) is 6.07. The van der Waals surface area contributed by atoms with Crippen LogP contribution in [-0.4, -0.2) is 35.0 Å². The van der Waals surface area contributed by atoms with E-state index < -0.39 is 11.9 Å². The molecule has 9 heteroatoms. The van der Waals surface area contributed by atoms with Crippen molar-refractivity contribution in [2.75, 3.05) is 5.73 Å². The topological polar surface area (TPSA) is 116 Å². The van der Waals surface area contributed by atoms with Gasteiger partial charge in [0.15, 0.2) is 11.5 Å². The maximum absolute atomic E-state index is 12.9. The fourth-order valence-corrected chi connectivity index (χ4v) is 3.86. The summed E-state index contributed by atoms with van der Waals surface area (Å²) in [6.07, 6.45) is 6.46. The van der Waals surface area contributed by atoms with E-state index in [0.29, 0.717) is 5.69 Å². The molecule has 3 N–H and O–H groups in total. The van der Waals surface area contributed by atoms with E-state index in [0.717, 1.165) is 28.2 Å². The third kappa shape index (κ3) is 4.32. The second kappa shape index (κ2) is 9.11. The minimum Gasteiger partial charge on any atom is -0.382 e. The number of benzene rings is 1. The number of aromatic nitrogens is 6. The van der Waals surface area contributed by atoms with Crippen molar-refractivity contribution in [3.8, 4) is 23.1 Å². The molecule has 0 aliphatic carbocycles. The first-order chi connectivity index (χ1) is 17.0. The van der Waals surface area contributed by atoms with E-state index in [1.54, 1.807) is 10.9 Å². The van der Waals surface area contributed by atoms with Gasteiger partial charge in [0.05, 0.1) is 34.9 Å². The van der Waals surface area contributed by atoms with Crippen LogP contribution < -0.4 is 11.1 Å². The molecule has 1 unspecified atom stereocenters. The largest absolute Gasteiger partial charge is 0.382 e. The quantitative estimate of drug-likeness (QED) is 0.397. The highest BCUT2D eigenvalue weighted by molar-refractivity contribution is 5.96. The molecule has 35 heavy (non-hydrogen) atoms. The van der Waals surface area contributed by atoms with Gasteiger partial charge in [-0.25, -0.2) is 15.0 Å². The number of nitrogens with two attached hydrogens (primary N) is 1. The summed E-state index contributed by atoms with van der Waals surface area (Å²) in [5.41, 5.74) is 10.7. The molecule has 0 aliphatic rings. The normalized spacial score (nSPS) is 11.6. The molecular formula is C26H22N8O. The number of nitrogens with zero attached hydrogens (tertiary/aromatic N) is 6. The van der Waals surface area contributed by atoms with Gasteiger partial charge in [-0.1, -0.05) is 42.3 Å². The lowest BCUT2D eigenvalue weighted by molar-refractivity contribution is 0.0935. The highest BCUT2D eigenvalue weighted by Gasteiger charge is 2.23. The number of carbonyl (C=O) groups excluding carboxylic acids is 1. The molecule has 0 saturated heterocycles. The van der Waals surface area contributed by atoms with Crippen LogP contribution in [0.5, 0.6) is 0 Å². The monoisotopic (exact) mass is 462 g/mol. The van der Waals surface area contributed by atoms with E-state index in [1.165, 1.54) is 12.4 Å². The highest BCUT2D eigenvalue weighted by atomic mass is 16.2. The Morgan fingerprint density at radius 3 is 2.60 bits per heavy atom. The molecule has 5 aromatic rings. The van der Waals surface area contributed by atoms with Gasteiger partial charge in [0, 0.05) is 31.2 Å². The van der Waals surface area contributed by atoms with Gasteiger partial charge in [-0.3, -0.25) is 13.9 Å². The standard InChI is InChI=1S/C26H22N8O/c1-17(31-26(35)23-25(27)29-14-13-28-23)22-24(19-7-4-3-5-8-19)34-20(9-6-10-21(34)32-22)12-11-18-15-30-33(2)16-18/h3-10,13-17H,1-2H3,(H2,27,29)(H,31,35). The maximum Gasteiger partial charge on any atom is 0.274 e. The Bertz CT molecular complexity index is 1590. The van der Waals surface area contributed by atoms with E-state index in [-0.39, 0.29) is 11.5 Å². The third-order valence-electron chi connectivity index (χ3n) is 5.46. The predicted molar refractivity (Wildman–Crippen MR) is 132 cm³/mol. The molecule has 0 radical (unpaired) electrons. The Morgan fingerprint density at radius 1 is 1.06 bits per heavy atom. The van der Waals surface area contributed by atoms with Crippen molar-refractivity contribution < 1.29 is 4.79 Å². The van der Waals surface area contributed by atoms with Gasteiger partial charge in [0.1, 0.15) is 5.65 Å². The molecule has 1 aromatic carbocycles. The SMILES string of the molecule is CC(NC(=O)c1nccnc1N)c1nc2cccc(C#Cc3cnn(C)c3)n2c1-c1ccccc1. The van der Waals surface area contributed by atoms with Crippen molar-refractivity contribution in [2.24, 2.45) is 7.05 Å². The van der Waals surface area contributed by atoms with E-state index in [9.17, 15) is 4.79 Å². The first-order valence-electron chi connectivity index (χ1n) is 11.0. The Hall–Kier alpha value is -4.97. The number of nitrogen functional groups attached to an aromatic ring is 1. The number of imidazole rings is 1. The van der Waals surface area contributed by atoms with Gasteiger partial charge < -0.3 is 11.1 Å². The van der Waals surface area contributed by atoms with Crippen molar-refractivity contribution in [1.82, 2.24) is 34.4 Å². The number of carbonyl (C=O) groups is 1. The predicted octanol–water partition coefficient (Wildman–Crippen LogP) is 3.00. The summed E-state index contributed by atoms with van der Waals surface area (Å²) in [5, 5.41) is 7.14. The molecule has 172 valence electrons. The number of hydrogen-bond acceptors (Lipinski definition) is 6.